The van der Waals surface area contributed by atoms with Crippen LogP contribution in [0.2, 0.25) is 10.0 Å². The third-order valence-corrected chi connectivity index (χ3v) is 10.1. The van der Waals surface area contributed by atoms with E-state index in [0.29, 0.717) is 23.0 Å². The summed E-state index contributed by atoms with van der Waals surface area (Å²) in [4.78, 5) is 21.0. The molecule has 0 aliphatic carbocycles. The molecule has 0 saturated carbocycles. The molecule has 3 fully saturated rings. The molecule has 5 rings (SSSR count). The fourth-order valence-electron chi connectivity index (χ4n) is 7.04. The van der Waals surface area contributed by atoms with Gasteiger partial charge in [0.25, 0.3) is 0 Å². The minimum Gasteiger partial charge on any atom is -0.496 e. The largest absolute Gasteiger partial charge is 0.496 e. The average Bonchev–Trinajstić information content (AvgIpc) is 2.98. The molecule has 3 aliphatic heterocycles. The number of carbonyl (C=O) groups excluding carboxylic acids is 1. The molecule has 0 N–H and O–H groups in total. The average molecular weight is 573 g/mol. The Labute approximate surface area is 244 Å². The van der Waals surface area contributed by atoms with Crippen LogP contribution in [0.3, 0.4) is 0 Å². The lowest BCUT2D eigenvalue weighted by molar-refractivity contribution is -0.132. The van der Waals surface area contributed by atoms with Crippen LogP contribution in [0.5, 0.6) is 5.75 Å². The van der Waals surface area contributed by atoms with E-state index < -0.39 is 0 Å². The molecule has 3 heterocycles. The molecular weight excluding hydrogens is 529 g/mol. The number of hydrogen-bond acceptors (Lipinski definition) is 4. The Kier molecular flexibility index (Phi) is 9.76. The van der Waals surface area contributed by atoms with E-state index >= 15 is 0 Å². The second-order valence-electron chi connectivity index (χ2n) is 11.7. The molecule has 212 valence electrons. The van der Waals surface area contributed by atoms with Crippen LogP contribution in [0.1, 0.15) is 62.5 Å². The summed E-state index contributed by atoms with van der Waals surface area (Å²) >= 11 is 12.9. The first kappa shape index (κ1) is 28.7. The first-order valence-electron chi connectivity index (χ1n) is 14.8. The van der Waals surface area contributed by atoms with E-state index in [0.717, 1.165) is 62.8 Å². The van der Waals surface area contributed by atoms with Crippen LogP contribution in [0.25, 0.3) is 0 Å². The van der Waals surface area contributed by atoms with Gasteiger partial charge in [0.15, 0.2) is 0 Å². The van der Waals surface area contributed by atoms with Crippen LogP contribution in [0.15, 0.2) is 42.5 Å². The third-order valence-electron chi connectivity index (χ3n) is 9.37. The number of nitrogens with zero attached hydrogens (tertiary/aromatic N) is 3. The lowest BCUT2D eigenvalue weighted by atomic mass is 9.71. The maximum atomic E-state index is 13.6. The van der Waals surface area contributed by atoms with E-state index in [1.54, 1.807) is 7.11 Å². The first-order chi connectivity index (χ1) is 19.0. The molecule has 1 amide bonds. The fourth-order valence-corrected chi connectivity index (χ4v) is 7.34. The summed E-state index contributed by atoms with van der Waals surface area (Å²) < 4.78 is 5.51. The monoisotopic (exact) mass is 571 g/mol. The van der Waals surface area contributed by atoms with Crippen LogP contribution < -0.4 is 4.74 Å². The summed E-state index contributed by atoms with van der Waals surface area (Å²) in [7, 11) is 1.66. The van der Waals surface area contributed by atoms with Gasteiger partial charge in [-0.05, 0) is 101 Å². The van der Waals surface area contributed by atoms with Gasteiger partial charge >= 0.3 is 0 Å². The van der Waals surface area contributed by atoms with Crippen molar-refractivity contribution in [3.05, 3.63) is 63.6 Å². The van der Waals surface area contributed by atoms with Crippen molar-refractivity contribution in [2.24, 2.45) is 0 Å². The van der Waals surface area contributed by atoms with Crippen molar-refractivity contribution in [3.63, 3.8) is 0 Å². The van der Waals surface area contributed by atoms with E-state index in [1.807, 2.05) is 36.4 Å². The number of para-hydroxylation sites is 1. The quantitative estimate of drug-likeness (QED) is 0.365. The predicted octanol–water partition coefficient (Wildman–Crippen LogP) is 6.45. The van der Waals surface area contributed by atoms with Gasteiger partial charge in [-0.1, -0.05) is 53.9 Å². The number of halogens is 2. The number of piperidine rings is 3. The number of hydrogen-bond donors (Lipinski definition) is 0. The van der Waals surface area contributed by atoms with Gasteiger partial charge in [0.1, 0.15) is 5.75 Å². The minimum atomic E-state index is -0.132. The van der Waals surface area contributed by atoms with Crippen LogP contribution in [0, 0.1) is 0 Å². The summed E-state index contributed by atoms with van der Waals surface area (Å²) in [5.41, 5.74) is 2.01. The van der Waals surface area contributed by atoms with Gasteiger partial charge in [-0.25, -0.2) is 0 Å². The molecule has 1 atom stereocenters. The highest BCUT2D eigenvalue weighted by Gasteiger charge is 2.39. The zero-order chi connectivity index (χ0) is 27.2. The maximum absolute atomic E-state index is 13.6. The lowest BCUT2D eigenvalue weighted by Crippen LogP contribution is -2.51. The SMILES string of the molecule is COc1ccccc1CC(=O)N1CCC[C@](CCN2CCC(N3CCCCC3)CC2)(c2ccc(Cl)c(Cl)c2)C1. The van der Waals surface area contributed by atoms with Gasteiger partial charge < -0.3 is 19.4 Å². The number of carbonyl (C=O) groups is 1. The van der Waals surface area contributed by atoms with E-state index in [-0.39, 0.29) is 11.3 Å². The van der Waals surface area contributed by atoms with Crippen molar-refractivity contribution >= 4 is 29.1 Å². The Bertz CT molecular complexity index is 1110. The van der Waals surface area contributed by atoms with Crippen LogP contribution in [0.4, 0.5) is 0 Å². The van der Waals surface area contributed by atoms with Crippen molar-refractivity contribution in [2.75, 3.05) is 52.9 Å². The highest BCUT2D eigenvalue weighted by molar-refractivity contribution is 6.42. The highest BCUT2D eigenvalue weighted by Crippen LogP contribution is 2.40. The number of rotatable bonds is 8. The molecule has 39 heavy (non-hydrogen) atoms. The second kappa shape index (κ2) is 13.2. The molecule has 0 radical (unpaired) electrons. The molecule has 0 spiro atoms. The van der Waals surface area contributed by atoms with Gasteiger partial charge in [-0.15, -0.1) is 0 Å². The molecule has 0 bridgehead atoms. The Morgan fingerprint density at radius 3 is 2.46 bits per heavy atom. The van der Waals surface area contributed by atoms with E-state index in [9.17, 15) is 4.79 Å². The molecule has 3 aliphatic rings. The highest BCUT2D eigenvalue weighted by atomic mass is 35.5. The number of likely N-dealkylation sites (tertiary alicyclic amines) is 3. The smallest absolute Gasteiger partial charge is 0.227 e. The van der Waals surface area contributed by atoms with Gasteiger partial charge in [0, 0.05) is 30.1 Å². The molecule has 3 saturated heterocycles. The van der Waals surface area contributed by atoms with Crippen LogP contribution in [-0.2, 0) is 16.6 Å². The van der Waals surface area contributed by atoms with Crippen molar-refractivity contribution in [3.8, 4) is 5.75 Å². The van der Waals surface area contributed by atoms with Gasteiger partial charge in [0.2, 0.25) is 5.91 Å². The van der Waals surface area contributed by atoms with E-state index in [1.165, 1.54) is 50.8 Å². The number of ether oxygens (including phenoxy) is 1. The zero-order valence-electron chi connectivity index (χ0n) is 23.3. The summed E-state index contributed by atoms with van der Waals surface area (Å²) in [6.45, 7) is 7.43. The molecule has 5 nitrogen and oxygen atoms in total. The Morgan fingerprint density at radius 2 is 1.72 bits per heavy atom. The van der Waals surface area contributed by atoms with Gasteiger partial charge in [0.05, 0.1) is 23.6 Å². The van der Waals surface area contributed by atoms with Crippen LogP contribution >= 0.6 is 23.2 Å². The first-order valence-corrected chi connectivity index (χ1v) is 15.5. The molecule has 2 aromatic rings. The Morgan fingerprint density at radius 1 is 0.949 bits per heavy atom. The molecular formula is C32H43Cl2N3O2. The molecule has 0 unspecified atom stereocenters. The number of methoxy groups -OCH3 is 1. The van der Waals surface area contributed by atoms with Crippen LogP contribution in [-0.4, -0.2) is 79.6 Å². The minimum absolute atomic E-state index is 0.132. The Hall–Kier alpha value is -1.79. The van der Waals surface area contributed by atoms with E-state index in [4.69, 9.17) is 27.9 Å². The maximum Gasteiger partial charge on any atom is 0.227 e. The van der Waals surface area contributed by atoms with Crippen molar-refractivity contribution < 1.29 is 9.53 Å². The van der Waals surface area contributed by atoms with Crippen molar-refractivity contribution in [2.45, 2.75) is 69.2 Å². The summed E-state index contributed by atoms with van der Waals surface area (Å²) in [5, 5.41) is 1.17. The summed E-state index contributed by atoms with van der Waals surface area (Å²) in [5.74, 6) is 0.928. The Balaban J connectivity index is 1.28. The lowest BCUT2D eigenvalue weighted by Gasteiger charge is -2.45. The summed E-state index contributed by atoms with van der Waals surface area (Å²) in [6, 6.07) is 14.7. The molecule has 2 aromatic carbocycles. The third kappa shape index (κ3) is 6.93. The standard InChI is InChI=1S/C32H43Cl2N3O2/c1-39-30-9-4-3-8-25(30)22-31(38)37-18-7-14-32(24-37,26-10-11-28(33)29(34)23-26)15-21-35-19-12-27(13-20-35)36-16-5-2-6-17-36/h3-4,8-11,23,27H,2,5-7,12-22,24H2,1H3/t32-/m1/s1. The van der Waals surface area contributed by atoms with E-state index in [2.05, 4.69) is 20.8 Å². The van der Waals surface area contributed by atoms with Gasteiger partial charge in [-0.3, -0.25) is 4.79 Å². The second-order valence-corrected chi connectivity index (χ2v) is 12.6. The topological polar surface area (TPSA) is 36.0 Å². The van der Waals surface area contributed by atoms with Gasteiger partial charge in [-0.2, -0.15) is 0 Å². The predicted molar refractivity (Wildman–Crippen MR) is 160 cm³/mol. The fraction of sp³-hybridized carbons (Fsp3) is 0.594. The number of benzene rings is 2. The molecule has 7 heteroatoms. The molecule has 0 aromatic heterocycles. The summed E-state index contributed by atoms with van der Waals surface area (Å²) in [6.07, 6.45) is 10.0. The van der Waals surface area contributed by atoms with Crippen molar-refractivity contribution in [1.82, 2.24) is 14.7 Å². The normalized spacial score (nSPS) is 23.6. The zero-order valence-corrected chi connectivity index (χ0v) is 24.9. The van der Waals surface area contributed by atoms with Crippen molar-refractivity contribution in [1.29, 1.82) is 0 Å². The number of amides is 1.